The Morgan fingerprint density at radius 1 is 1.11 bits per heavy atom. The first-order valence-electron chi connectivity index (χ1n) is 9.62. The lowest BCUT2D eigenvalue weighted by atomic mass is 9.53. The summed E-state index contributed by atoms with van der Waals surface area (Å²) in [6, 6.07) is 6.14. The summed E-state index contributed by atoms with van der Waals surface area (Å²) < 4.78 is 1.58. The van der Waals surface area contributed by atoms with Gasteiger partial charge in [-0.3, -0.25) is 14.9 Å². The quantitative estimate of drug-likeness (QED) is 0.662. The van der Waals surface area contributed by atoms with Crippen molar-refractivity contribution in [3.05, 3.63) is 52.3 Å². The first-order chi connectivity index (χ1) is 13.0. The monoisotopic (exact) mass is 366 g/mol. The SMILES string of the molecule is O=C(NC12CC3CC(CC(C3)C1)C2)c1cnn(-c2ccc([N+](=O)[O-])cc2)c1. The van der Waals surface area contributed by atoms with Crippen LogP contribution < -0.4 is 5.32 Å². The van der Waals surface area contributed by atoms with Gasteiger partial charge in [-0.2, -0.15) is 5.10 Å². The lowest BCUT2D eigenvalue weighted by molar-refractivity contribution is -0.384. The molecule has 0 radical (unpaired) electrons. The number of carbonyl (C=O) groups excluding carboxylic acids is 1. The van der Waals surface area contributed by atoms with E-state index in [1.54, 1.807) is 29.2 Å². The number of nitro groups is 1. The van der Waals surface area contributed by atoms with E-state index >= 15 is 0 Å². The van der Waals surface area contributed by atoms with Crippen molar-refractivity contribution in [1.82, 2.24) is 15.1 Å². The van der Waals surface area contributed by atoms with Crippen LogP contribution in [0.4, 0.5) is 5.69 Å². The maximum Gasteiger partial charge on any atom is 0.269 e. The second kappa shape index (κ2) is 5.90. The first-order valence-corrected chi connectivity index (χ1v) is 9.62. The fourth-order valence-electron chi connectivity index (χ4n) is 5.89. The van der Waals surface area contributed by atoms with E-state index in [2.05, 4.69) is 10.4 Å². The van der Waals surface area contributed by atoms with Crippen LogP contribution in [0.25, 0.3) is 5.69 Å². The first kappa shape index (κ1) is 16.5. The van der Waals surface area contributed by atoms with Gasteiger partial charge in [0.15, 0.2) is 0 Å². The predicted molar refractivity (Wildman–Crippen MR) is 98.6 cm³/mol. The molecule has 0 aliphatic heterocycles. The van der Waals surface area contributed by atoms with Crippen LogP contribution >= 0.6 is 0 Å². The van der Waals surface area contributed by atoms with Gasteiger partial charge in [0.1, 0.15) is 0 Å². The average Bonchev–Trinajstić information content (AvgIpc) is 3.10. The van der Waals surface area contributed by atoms with Crippen LogP contribution in [0.15, 0.2) is 36.7 Å². The Hall–Kier alpha value is -2.70. The molecule has 4 aliphatic carbocycles. The molecule has 1 aromatic carbocycles. The zero-order valence-corrected chi connectivity index (χ0v) is 15.0. The Labute approximate surface area is 156 Å². The maximum atomic E-state index is 12.9. The van der Waals surface area contributed by atoms with Crippen molar-refractivity contribution >= 4 is 11.6 Å². The molecule has 4 bridgehead atoms. The van der Waals surface area contributed by atoms with Gasteiger partial charge in [0, 0.05) is 23.9 Å². The zero-order valence-electron chi connectivity index (χ0n) is 15.0. The third kappa shape index (κ3) is 2.91. The van der Waals surface area contributed by atoms with Gasteiger partial charge in [0.05, 0.1) is 22.4 Å². The zero-order chi connectivity index (χ0) is 18.6. The van der Waals surface area contributed by atoms with E-state index in [1.165, 1.54) is 31.4 Å². The van der Waals surface area contributed by atoms with Crippen LogP contribution in [0.3, 0.4) is 0 Å². The summed E-state index contributed by atoms with van der Waals surface area (Å²) in [6.07, 6.45) is 10.6. The summed E-state index contributed by atoms with van der Waals surface area (Å²) in [6.45, 7) is 0. The van der Waals surface area contributed by atoms with E-state index in [4.69, 9.17) is 0 Å². The fraction of sp³-hybridized carbons (Fsp3) is 0.500. The lowest BCUT2D eigenvalue weighted by Crippen LogP contribution is -2.59. The molecular weight excluding hydrogens is 344 g/mol. The standard InChI is InChI=1S/C20H22N4O3/c25-19(22-20-8-13-5-14(9-20)7-15(6-13)10-20)16-11-21-23(12-16)17-1-3-18(4-2-17)24(26)27/h1-4,11-15H,5-10H2,(H,22,25). The van der Waals surface area contributed by atoms with Crippen LogP contribution in [-0.2, 0) is 0 Å². The number of amides is 1. The molecule has 7 heteroatoms. The molecule has 1 heterocycles. The van der Waals surface area contributed by atoms with Gasteiger partial charge >= 0.3 is 0 Å². The Morgan fingerprint density at radius 2 is 1.70 bits per heavy atom. The van der Waals surface area contributed by atoms with Crippen molar-refractivity contribution in [3.63, 3.8) is 0 Å². The van der Waals surface area contributed by atoms with Gasteiger partial charge in [-0.1, -0.05) is 0 Å². The molecular formula is C20H22N4O3. The second-order valence-electron chi connectivity index (χ2n) is 8.60. The summed E-state index contributed by atoms with van der Waals surface area (Å²) in [4.78, 5) is 23.2. The van der Waals surface area contributed by atoms with Crippen LogP contribution in [0.1, 0.15) is 48.9 Å². The van der Waals surface area contributed by atoms with E-state index in [1.807, 2.05) is 0 Å². The average molecular weight is 366 g/mol. The third-order valence-electron chi connectivity index (χ3n) is 6.59. The Bertz CT molecular complexity index is 867. The Balaban J connectivity index is 1.32. The minimum absolute atomic E-state index is 0.0265. The Morgan fingerprint density at radius 3 is 2.26 bits per heavy atom. The highest BCUT2D eigenvalue weighted by Gasteiger charge is 2.51. The van der Waals surface area contributed by atoms with Gasteiger partial charge in [0.2, 0.25) is 0 Å². The van der Waals surface area contributed by atoms with Crippen LogP contribution in [0, 0.1) is 27.9 Å². The van der Waals surface area contributed by atoms with Gasteiger partial charge in [-0.05, 0) is 68.4 Å². The summed E-state index contributed by atoms with van der Waals surface area (Å²) in [5.41, 5.74) is 1.23. The summed E-state index contributed by atoms with van der Waals surface area (Å²) >= 11 is 0. The smallest absolute Gasteiger partial charge is 0.269 e. The molecule has 140 valence electrons. The number of rotatable bonds is 4. The van der Waals surface area contributed by atoms with E-state index in [0.717, 1.165) is 37.0 Å². The molecule has 1 amide bonds. The van der Waals surface area contributed by atoms with Crippen molar-refractivity contribution in [2.45, 2.75) is 44.1 Å². The highest BCUT2D eigenvalue weighted by Crippen LogP contribution is 2.55. The molecule has 6 rings (SSSR count). The molecule has 27 heavy (non-hydrogen) atoms. The van der Waals surface area contributed by atoms with Crippen molar-refractivity contribution in [1.29, 1.82) is 0 Å². The van der Waals surface area contributed by atoms with Crippen molar-refractivity contribution in [3.8, 4) is 5.69 Å². The minimum atomic E-state index is -0.433. The lowest BCUT2D eigenvalue weighted by Gasteiger charge is -2.56. The second-order valence-corrected chi connectivity index (χ2v) is 8.60. The van der Waals surface area contributed by atoms with Gasteiger partial charge in [0.25, 0.3) is 11.6 Å². The fourth-order valence-corrected chi connectivity index (χ4v) is 5.89. The van der Waals surface area contributed by atoms with Gasteiger partial charge in [-0.25, -0.2) is 4.68 Å². The van der Waals surface area contributed by atoms with Gasteiger partial charge < -0.3 is 5.32 Å². The molecule has 0 spiro atoms. The predicted octanol–water partition coefficient (Wildman–Crippen LogP) is 3.48. The van der Waals surface area contributed by atoms with E-state index in [-0.39, 0.29) is 17.1 Å². The van der Waals surface area contributed by atoms with Crippen LogP contribution in [-0.4, -0.2) is 26.1 Å². The number of hydrogen-bond acceptors (Lipinski definition) is 4. The topological polar surface area (TPSA) is 90.1 Å². The number of nitrogens with one attached hydrogen (secondary N) is 1. The molecule has 0 atom stereocenters. The summed E-state index contributed by atoms with van der Waals surface area (Å²) in [5, 5.41) is 18.4. The number of benzene rings is 1. The van der Waals surface area contributed by atoms with Crippen molar-refractivity contribution in [2.75, 3.05) is 0 Å². The summed E-state index contributed by atoms with van der Waals surface area (Å²) in [7, 11) is 0. The van der Waals surface area contributed by atoms with Crippen LogP contribution in [0.5, 0.6) is 0 Å². The molecule has 4 aliphatic rings. The third-order valence-corrected chi connectivity index (χ3v) is 6.59. The summed E-state index contributed by atoms with van der Waals surface area (Å²) in [5.74, 6) is 2.27. The number of hydrogen-bond donors (Lipinski definition) is 1. The largest absolute Gasteiger partial charge is 0.346 e. The van der Waals surface area contributed by atoms with E-state index in [0.29, 0.717) is 11.3 Å². The molecule has 7 nitrogen and oxygen atoms in total. The molecule has 1 aromatic heterocycles. The minimum Gasteiger partial charge on any atom is -0.346 e. The molecule has 4 fully saturated rings. The number of non-ortho nitro benzene ring substituents is 1. The molecule has 1 N–H and O–H groups in total. The van der Waals surface area contributed by atoms with E-state index < -0.39 is 4.92 Å². The van der Waals surface area contributed by atoms with Crippen molar-refractivity contribution in [2.24, 2.45) is 17.8 Å². The number of nitrogens with zero attached hydrogens (tertiary/aromatic N) is 3. The van der Waals surface area contributed by atoms with E-state index in [9.17, 15) is 14.9 Å². The Kier molecular flexibility index (Phi) is 3.60. The normalized spacial score (nSPS) is 31.0. The number of aromatic nitrogens is 2. The highest BCUT2D eigenvalue weighted by atomic mass is 16.6. The van der Waals surface area contributed by atoms with Crippen LogP contribution in [0.2, 0.25) is 0 Å². The van der Waals surface area contributed by atoms with Crippen molar-refractivity contribution < 1.29 is 9.72 Å². The number of carbonyl (C=O) groups is 1. The number of nitro benzene ring substituents is 1. The molecule has 0 saturated heterocycles. The van der Waals surface area contributed by atoms with Gasteiger partial charge in [-0.15, -0.1) is 0 Å². The highest BCUT2D eigenvalue weighted by molar-refractivity contribution is 5.94. The molecule has 4 saturated carbocycles. The molecule has 2 aromatic rings. The molecule has 0 unspecified atom stereocenters. The maximum absolute atomic E-state index is 12.9.